The molecule has 1 N–H and O–H groups in total. The number of hydrogen-bond acceptors (Lipinski definition) is 4. The zero-order valence-corrected chi connectivity index (χ0v) is 7.13. The summed E-state index contributed by atoms with van der Waals surface area (Å²) < 4.78 is 10.1. The number of fused-ring (bicyclic) bond motifs is 1. The molecule has 0 aromatic heterocycles. The van der Waals surface area contributed by atoms with Gasteiger partial charge in [-0.1, -0.05) is 0 Å². The molecule has 0 amide bonds. The van der Waals surface area contributed by atoms with Gasteiger partial charge in [-0.15, -0.1) is 0 Å². The van der Waals surface area contributed by atoms with Gasteiger partial charge in [0.1, 0.15) is 5.41 Å². The second kappa shape index (κ2) is 2.71. The molecule has 2 heterocycles. The minimum absolute atomic E-state index is 0.130. The minimum atomic E-state index is -0.380. The largest absolute Gasteiger partial charge is 0.468 e. The molecule has 0 bridgehead atoms. The minimum Gasteiger partial charge on any atom is -0.468 e. The van der Waals surface area contributed by atoms with Crippen LogP contribution in [0.4, 0.5) is 0 Å². The molecular weight excluding hydrogens is 158 g/mol. The predicted molar refractivity (Wildman–Crippen MR) is 41.6 cm³/mol. The number of rotatable bonds is 1. The van der Waals surface area contributed by atoms with Gasteiger partial charge >= 0.3 is 5.97 Å². The van der Waals surface area contributed by atoms with Crippen molar-refractivity contribution in [1.29, 1.82) is 0 Å². The van der Waals surface area contributed by atoms with Crippen LogP contribution in [0.15, 0.2) is 0 Å². The number of nitrogens with one attached hydrogen (secondary N) is 1. The Hall–Kier alpha value is -0.610. The van der Waals surface area contributed by atoms with Gasteiger partial charge in [0, 0.05) is 19.0 Å². The fourth-order valence-corrected chi connectivity index (χ4v) is 2.08. The van der Waals surface area contributed by atoms with Crippen molar-refractivity contribution in [3.63, 3.8) is 0 Å². The summed E-state index contributed by atoms with van der Waals surface area (Å²) >= 11 is 0. The summed E-state index contributed by atoms with van der Waals surface area (Å²) in [6.07, 6.45) is 0. The molecule has 4 heteroatoms. The van der Waals surface area contributed by atoms with E-state index in [9.17, 15) is 4.79 Å². The fraction of sp³-hybridized carbons (Fsp3) is 0.875. The average Bonchev–Trinajstić information content (AvgIpc) is 2.60. The van der Waals surface area contributed by atoms with Gasteiger partial charge in [0.15, 0.2) is 0 Å². The first kappa shape index (κ1) is 8.01. The van der Waals surface area contributed by atoms with Gasteiger partial charge in [0.2, 0.25) is 0 Å². The third-order valence-electron chi connectivity index (χ3n) is 2.88. The first-order valence-corrected chi connectivity index (χ1v) is 4.16. The summed E-state index contributed by atoms with van der Waals surface area (Å²) in [7, 11) is 1.44. The highest BCUT2D eigenvalue weighted by Gasteiger charge is 2.54. The molecule has 4 nitrogen and oxygen atoms in total. The fourth-order valence-electron chi connectivity index (χ4n) is 2.08. The SMILES string of the molecule is COC(=O)[C@]12CNC[C@H]1COC2. The third-order valence-corrected chi connectivity index (χ3v) is 2.88. The number of esters is 1. The van der Waals surface area contributed by atoms with E-state index in [-0.39, 0.29) is 11.4 Å². The molecule has 0 spiro atoms. The van der Waals surface area contributed by atoms with Crippen molar-refractivity contribution in [3.05, 3.63) is 0 Å². The van der Waals surface area contributed by atoms with Crippen LogP contribution in [-0.4, -0.2) is 39.4 Å². The topological polar surface area (TPSA) is 47.6 Å². The summed E-state index contributed by atoms with van der Waals surface area (Å²) in [6, 6.07) is 0. The Morgan fingerprint density at radius 2 is 2.58 bits per heavy atom. The maximum atomic E-state index is 11.5. The Kier molecular flexibility index (Phi) is 1.81. The Bertz CT molecular complexity index is 194. The molecule has 0 unspecified atom stereocenters. The number of methoxy groups -OCH3 is 1. The molecule has 12 heavy (non-hydrogen) atoms. The zero-order chi connectivity index (χ0) is 8.60. The van der Waals surface area contributed by atoms with Crippen LogP contribution in [0.5, 0.6) is 0 Å². The lowest BCUT2D eigenvalue weighted by atomic mass is 9.81. The normalized spacial score (nSPS) is 39.6. The van der Waals surface area contributed by atoms with Gasteiger partial charge in [-0.3, -0.25) is 4.79 Å². The lowest BCUT2D eigenvalue weighted by molar-refractivity contribution is -0.152. The van der Waals surface area contributed by atoms with Crippen molar-refractivity contribution >= 4 is 5.97 Å². The van der Waals surface area contributed by atoms with E-state index < -0.39 is 0 Å². The molecule has 0 aliphatic carbocycles. The third kappa shape index (κ3) is 0.881. The smallest absolute Gasteiger partial charge is 0.315 e. The summed E-state index contributed by atoms with van der Waals surface area (Å²) in [4.78, 5) is 11.5. The maximum absolute atomic E-state index is 11.5. The number of carbonyl (C=O) groups is 1. The van der Waals surface area contributed by atoms with Crippen LogP contribution in [0, 0.1) is 11.3 Å². The van der Waals surface area contributed by atoms with Crippen LogP contribution >= 0.6 is 0 Å². The highest BCUT2D eigenvalue weighted by molar-refractivity contribution is 5.78. The van der Waals surface area contributed by atoms with Crippen LogP contribution in [0.3, 0.4) is 0 Å². The molecule has 0 saturated carbocycles. The van der Waals surface area contributed by atoms with E-state index in [2.05, 4.69) is 5.32 Å². The van der Waals surface area contributed by atoms with Crippen molar-refractivity contribution < 1.29 is 14.3 Å². The Labute approximate surface area is 71.2 Å². The van der Waals surface area contributed by atoms with Gasteiger partial charge in [0.05, 0.1) is 20.3 Å². The first-order valence-electron chi connectivity index (χ1n) is 4.16. The van der Waals surface area contributed by atoms with Crippen LogP contribution in [0.25, 0.3) is 0 Å². The molecule has 0 aromatic rings. The molecule has 2 rings (SSSR count). The Balaban J connectivity index is 2.21. The summed E-state index contributed by atoms with van der Waals surface area (Å²) in [5, 5.41) is 3.20. The van der Waals surface area contributed by atoms with Crippen LogP contribution in [0.1, 0.15) is 0 Å². The second-order valence-corrected chi connectivity index (χ2v) is 3.49. The molecule has 2 saturated heterocycles. The first-order chi connectivity index (χ1) is 5.79. The Morgan fingerprint density at radius 3 is 3.33 bits per heavy atom. The molecular formula is C8H13NO3. The molecule has 2 fully saturated rings. The number of carbonyl (C=O) groups excluding carboxylic acids is 1. The van der Waals surface area contributed by atoms with Gasteiger partial charge in [0.25, 0.3) is 0 Å². The van der Waals surface area contributed by atoms with E-state index in [1.54, 1.807) is 0 Å². The maximum Gasteiger partial charge on any atom is 0.315 e. The van der Waals surface area contributed by atoms with Gasteiger partial charge in [-0.25, -0.2) is 0 Å². The Morgan fingerprint density at radius 1 is 1.75 bits per heavy atom. The highest BCUT2D eigenvalue weighted by atomic mass is 16.5. The van der Waals surface area contributed by atoms with E-state index in [1.807, 2.05) is 0 Å². The van der Waals surface area contributed by atoms with Gasteiger partial charge in [-0.2, -0.15) is 0 Å². The van der Waals surface area contributed by atoms with Crippen molar-refractivity contribution in [1.82, 2.24) is 5.32 Å². The molecule has 2 aliphatic rings. The quantitative estimate of drug-likeness (QED) is 0.535. The van der Waals surface area contributed by atoms with Crippen LogP contribution in [-0.2, 0) is 14.3 Å². The van der Waals surface area contributed by atoms with E-state index in [4.69, 9.17) is 9.47 Å². The van der Waals surface area contributed by atoms with Crippen molar-refractivity contribution in [2.75, 3.05) is 33.4 Å². The second-order valence-electron chi connectivity index (χ2n) is 3.49. The standard InChI is InChI=1S/C8H13NO3/c1-11-7(10)8-4-9-2-6(8)3-12-5-8/h6,9H,2-5H2,1H3/t6-,8-/m0/s1. The van der Waals surface area contributed by atoms with Crippen molar-refractivity contribution in [3.8, 4) is 0 Å². The van der Waals surface area contributed by atoms with Crippen molar-refractivity contribution in [2.24, 2.45) is 11.3 Å². The monoisotopic (exact) mass is 171 g/mol. The number of hydrogen-bond donors (Lipinski definition) is 1. The zero-order valence-electron chi connectivity index (χ0n) is 7.13. The molecule has 68 valence electrons. The molecule has 0 aromatic carbocycles. The van der Waals surface area contributed by atoms with E-state index >= 15 is 0 Å². The molecule has 2 aliphatic heterocycles. The summed E-state index contributed by atoms with van der Waals surface area (Å²) in [5.74, 6) is 0.181. The molecule has 0 radical (unpaired) electrons. The van der Waals surface area contributed by atoms with Gasteiger partial charge < -0.3 is 14.8 Å². The van der Waals surface area contributed by atoms with Crippen LogP contribution < -0.4 is 5.32 Å². The predicted octanol–water partition coefficient (Wildman–Crippen LogP) is -0.605. The lowest BCUT2D eigenvalue weighted by Gasteiger charge is -2.22. The van der Waals surface area contributed by atoms with Crippen molar-refractivity contribution in [2.45, 2.75) is 0 Å². The van der Waals surface area contributed by atoms with E-state index in [0.29, 0.717) is 25.7 Å². The lowest BCUT2D eigenvalue weighted by Crippen LogP contribution is -2.39. The summed E-state index contributed by atoms with van der Waals surface area (Å²) in [6.45, 7) is 2.76. The molecule has 2 atom stereocenters. The van der Waals surface area contributed by atoms with Gasteiger partial charge in [-0.05, 0) is 0 Å². The summed E-state index contributed by atoms with van der Waals surface area (Å²) in [5.41, 5.74) is -0.380. The van der Waals surface area contributed by atoms with E-state index in [1.165, 1.54) is 7.11 Å². The van der Waals surface area contributed by atoms with Crippen LogP contribution in [0.2, 0.25) is 0 Å². The van der Waals surface area contributed by atoms with E-state index in [0.717, 1.165) is 6.54 Å². The average molecular weight is 171 g/mol. The number of ether oxygens (including phenoxy) is 2. The highest BCUT2D eigenvalue weighted by Crippen LogP contribution is 2.38.